The highest BCUT2D eigenvalue weighted by Gasteiger charge is 2.24. The molecule has 29 heavy (non-hydrogen) atoms. The molecule has 0 aromatic heterocycles. The van der Waals surface area contributed by atoms with Crippen molar-refractivity contribution in [3.63, 3.8) is 0 Å². The summed E-state index contributed by atoms with van der Waals surface area (Å²) >= 11 is 0. The Morgan fingerprint density at radius 1 is 0.931 bits per heavy atom. The van der Waals surface area contributed by atoms with Crippen LogP contribution in [0.3, 0.4) is 0 Å². The number of benzene rings is 1. The highest BCUT2D eigenvalue weighted by molar-refractivity contribution is 6.01. The predicted molar refractivity (Wildman–Crippen MR) is 106 cm³/mol. The van der Waals surface area contributed by atoms with Gasteiger partial charge in [-0.3, -0.25) is 4.79 Å². The van der Waals surface area contributed by atoms with Crippen LogP contribution in [-0.4, -0.2) is 60.1 Å². The van der Waals surface area contributed by atoms with Gasteiger partial charge in [-0.1, -0.05) is 12.8 Å². The number of ether oxygens (including phenoxy) is 2. The summed E-state index contributed by atoms with van der Waals surface area (Å²) in [7, 11) is 0. The molecule has 1 aromatic carbocycles. The summed E-state index contributed by atoms with van der Waals surface area (Å²) in [6, 6.07) is 6.37. The fraction of sp³-hybridized carbons (Fsp3) is 0.550. The van der Waals surface area contributed by atoms with Gasteiger partial charge in [0.1, 0.15) is 24.6 Å². The summed E-state index contributed by atoms with van der Waals surface area (Å²) < 4.78 is 10.5. The molecular weight excluding hydrogens is 380 g/mol. The number of Topliss-reactive ketones (excluding diaryl/α,β-unsaturated/α-hetero) is 1. The quantitative estimate of drug-likeness (QED) is 0.290. The van der Waals surface area contributed by atoms with Crippen molar-refractivity contribution in [3.05, 3.63) is 29.8 Å². The lowest BCUT2D eigenvalue weighted by Crippen LogP contribution is -2.30. The molecular formula is C20H30N2O7. The Bertz CT molecular complexity index is 654. The van der Waals surface area contributed by atoms with Crippen LogP contribution in [0.25, 0.3) is 0 Å². The number of hydrogen-bond donors (Lipinski definition) is 4. The molecule has 4 N–H and O–H groups in total. The Balaban J connectivity index is 2.09. The van der Waals surface area contributed by atoms with E-state index in [1.165, 1.54) is 13.8 Å². The molecule has 0 aliphatic carbocycles. The lowest BCUT2D eigenvalue weighted by Gasteiger charge is -2.15. The molecule has 9 nitrogen and oxygen atoms in total. The Morgan fingerprint density at radius 2 is 1.52 bits per heavy atom. The van der Waals surface area contributed by atoms with Crippen LogP contribution in [0, 0.1) is 0 Å². The maximum Gasteiger partial charge on any atom is 0.407 e. The van der Waals surface area contributed by atoms with E-state index in [9.17, 15) is 19.5 Å². The topological polar surface area (TPSA) is 134 Å². The molecule has 0 heterocycles. The van der Waals surface area contributed by atoms with Gasteiger partial charge in [-0.15, -0.1) is 0 Å². The average Bonchev–Trinajstić information content (AvgIpc) is 2.66. The summed E-state index contributed by atoms with van der Waals surface area (Å²) in [5.74, 6) is 0.152. The third-order valence-electron chi connectivity index (χ3n) is 3.91. The maximum absolute atomic E-state index is 11.9. The second-order valence-corrected chi connectivity index (χ2v) is 6.97. The molecule has 1 aromatic rings. The molecule has 162 valence electrons. The molecule has 0 spiro atoms. The zero-order chi connectivity index (χ0) is 21.7. The van der Waals surface area contributed by atoms with Crippen LogP contribution in [0.2, 0.25) is 0 Å². The number of carbonyl (C=O) groups excluding carboxylic acids is 2. The number of hydrogen-bond acceptors (Lipinski definition) is 6. The van der Waals surface area contributed by atoms with E-state index in [-0.39, 0.29) is 19.0 Å². The van der Waals surface area contributed by atoms with Crippen molar-refractivity contribution in [2.75, 3.05) is 26.3 Å². The second kappa shape index (κ2) is 12.6. The Kier molecular flexibility index (Phi) is 10.5. The fourth-order valence-corrected chi connectivity index (χ4v) is 2.39. The molecule has 0 saturated carbocycles. The Labute approximate surface area is 170 Å². The maximum atomic E-state index is 11.9. The summed E-state index contributed by atoms with van der Waals surface area (Å²) in [6.07, 6.45) is 1.78. The van der Waals surface area contributed by atoms with E-state index in [4.69, 9.17) is 14.6 Å². The van der Waals surface area contributed by atoms with E-state index < -0.39 is 17.8 Å². The van der Waals surface area contributed by atoms with E-state index in [2.05, 4.69) is 10.6 Å². The molecule has 0 saturated heterocycles. The van der Waals surface area contributed by atoms with Gasteiger partial charge >= 0.3 is 12.2 Å². The lowest BCUT2D eigenvalue weighted by atomic mass is 9.97. The molecule has 0 unspecified atom stereocenters. The first-order valence-corrected chi connectivity index (χ1v) is 9.57. The third-order valence-corrected chi connectivity index (χ3v) is 3.91. The van der Waals surface area contributed by atoms with Crippen LogP contribution in [0.5, 0.6) is 5.75 Å². The van der Waals surface area contributed by atoms with Gasteiger partial charge in [0.05, 0.1) is 0 Å². The number of nitrogens with one attached hydrogen (secondary N) is 2. The Morgan fingerprint density at radius 3 is 2.07 bits per heavy atom. The van der Waals surface area contributed by atoms with Gasteiger partial charge in [-0.05, 0) is 51.0 Å². The van der Waals surface area contributed by atoms with Crippen LogP contribution in [-0.2, 0) is 4.74 Å². The van der Waals surface area contributed by atoms with E-state index in [1.807, 2.05) is 0 Å². The first-order valence-electron chi connectivity index (χ1n) is 9.57. The van der Waals surface area contributed by atoms with Crippen LogP contribution in [0.4, 0.5) is 9.59 Å². The van der Waals surface area contributed by atoms with Crippen molar-refractivity contribution >= 4 is 18.0 Å². The molecule has 1 rings (SSSR count). The van der Waals surface area contributed by atoms with Crippen LogP contribution < -0.4 is 15.4 Å². The van der Waals surface area contributed by atoms with Crippen molar-refractivity contribution in [3.8, 4) is 5.75 Å². The van der Waals surface area contributed by atoms with Gasteiger partial charge in [0.15, 0.2) is 5.78 Å². The standard InChI is InChI=1S/C20H30N2O7/c1-20(2,27)17(23)15-7-9-16(10-8-15)28-13-14-29-19(26)22-12-6-4-3-5-11-21-18(24)25/h7-10,21,27H,3-6,11-14H2,1-2H3,(H,22,26)(H,24,25). The van der Waals surface area contributed by atoms with E-state index in [0.717, 1.165) is 25.7 Å². The van der Waals surface area contributed by atoms with Gasteiger partial charge < -0.3 is 30.3 Å². The summed E-state index contributed by atoms with van der Waals surface area (Å²) in [6.45, 7) is 4.04. The van der Waals surface area contributed by atoms with Crippen LogP contribution in [0.15, 0.2) is 24.3 Å². The van der Waals surface area contributed by atoms with E-state index in [1.54, 1.807) is 24.3 Å². The van der Waals surface area contributed by atoms with Gasteiger partial charge in [0.2, 0.25) is 0 Å². The number of amides is 2. The highest BCUT2D eigenvalue weighted by atomic mass is 16.6. The summed E-state index contributed by atoms with van der Waals surface area (Å²) in [4.78, 5) is 33.8. The molecule has 2 amide bonds. The summed E-state index contributed by atoms with van der Waals surface area (Å²) in [5.41, 5.74) is -1.04. The second-order valence-electron chi connectivity index (χ2n) is 6.97. The highest BCUT2D eigenvalue weighted by Crippen LogP contribution is 2.17. The number of alkyl carbamates (subject to hydrolysis) is 1. The predicted octanol–water partition coefficient (Wildman–Crippen LogP) is 2.57. The van der Waals surface area contributed by atoms with Crippen molar-refractivity contribution in [2.45, 2.75) is 45.1 Å². The number of rotatable bonds is 13. The number of aliphatic hydroxyl groups is 1. The van der Waals surface area contributed by atoms with Crippen molar-refractivity contribution in [1.29, 1.82) is 0 Å². The molecule has 0 aliphatic heterocycles. The first-order chi connectivity index (χ1) is 13.7. The van der Waals surface area contributed by atoms with E-state index >= 15 is 0 Å². The fourth-order valence-electron chi connectivity index (χ4n) is 2.39. The number of carboxylic acid groups (broad SMARTS) is 1. The smallest absolute Gasteiger partial charge is 0.407 e. The van der Waals surface area contributed by atoms with Crippen LogP contribution >= 0.6 is 0 Å². The van der Waals surface area contributed by atoms with Gasteiger partial charge in [-0.25, -0.2) is 9.59 Å². The molecule has 0 atom stereocenters. The lowest BCUT2D eigenvalue weighted by molar-refractivity contribution is 0.0488. The molecule has 9 heteroatoms. The molecule has 0 bridgehead atoms. The number of ketones is 1. The minimum atomic E-state index is -1.43. The van der Waals surface area contributed by atoms with Crippen molar-refractivity contribution in [1.82, 2.24) is 10.6 Å². The Hall–Kier alpha value is -2.81. The van der Waals surface area contributed by atoms with Gasteiger partial charge in [0.25, 0.3) is 0 Å². The van der Waals surface area contributed by atoms with Crippen LogP contribution in [0.1, 0.15) is 49.9 Å². The molecule has 0 radical (unpaired) electrons. The minimum Gasteiger partial charge on any atom is -0.490 e. The minimum absolute atomic E-state index is 0.0804. The average molecular weight is 410 g/mol. The monoisotopic (exact) mass is 410 g/mol. The number of unbranched alkanes of at least 4 members (excludes halogenated alkanes) is 3. The third kappa shape index (κ3) is 10.9. The van der Waals surface area contributed by atoms with E-state index in [0.29, 0.717) is 24.4 Å². The van der Waals surface area contributed by atoms with Gasteiger partial charge in [0, 0.05) is 18.7 Å². The first kappa shape index (κ1) is 24.2. The zero-order valence-corrected chi connectivity index (χ0v) is 16.9. The van der Waals surface area contributed by atoms with Crippen molar-refractivity contribution < 1.29 is 34.1 Å². The SMILES string of the molecule is CC(C)(O)C(=O)c1ccc(OCCOC(=O)NCCCCCCNC(=O)O)cc1. The number of carbonyl (C=O) groups is 3. The molecule has 0 fully saturated rings. The normalized spacial score (nSPS) is 10.9. The largest absolute Gasteiger partial charge is 0.490 e. The van der Waals surface area contributed by atoms with Gasteiger partial charge in [-0.2, -0.15) is 0 Å². The zero-order valence-electron chi connectivity index (χ0n) is 16.9. The molecule has 0 aliphatic rings. The summed E-state index contributed by atoms with van der Waals surface area (Å²) in [5, 5.41) is 23.1. The van der Waals surface area contributed by atoms with Crippen molar-refractivity contribution in [2.24, 2.45) is 0 Å².